The number of aromatic nitrogens is 1. The van der Waals surface area contributed by atoms with Crippen molar-refractivity contribution in [3.05, 3.63) is 52.8 Å². The van der Waals surface area contributed by atoms with E-state index in [-0.39, 0.29) is 11.4 Å². The molecule has 1 aromatic carbocycles. The third-order valence-corrected chi connectivity index (χ3v) is 2.66. The third kappa shape index (κ3) is 2.89. The average molecular weight is 278 g/mol. The minimum Gasteiger partial charge on any atom is -0.477 e. The van der Waals surface area contributed by atoms with Crippen molar-refractivity contribution in [2.24, 2.45) is 0 Å². The van der Waals surface area contributed by atoms with Gasteiger partial charge in [-0.1, -0.05) is 23.7 Å². The maximum atomic E-state index is 10.9. The maximum Gasteiger partial charge on any atom is 0.354 e. The van der Waals surface area contributed by atoms with E-state index in [2.05, 4.69) is 4.98 Å². The molecule has 1 heterocycles. The van der Waals surface area contributed by atoms with Crippen LogP contribution in [0.5, 0.6) is 0 Å². The van der Waals surface area contributed by atoms with Crippen molar-refractivity contribution in [1.82, 2.24) is 4.98 Å². The molecule has 0 fully saturated rings. The summed E-state index contributed by atoms with van der Waals surface area (Å²) >= 11 is 5.85. The van der Waals surface area contributed by atoms with E-state index in [4.69, 9.17) is 21.8 Å². The van der Waals surface area contributed by atoms with Crippen molar-refractivity contribution in [2.75, 3.05) is 0 Å². The molecule has 0 spiro atoms. The molecule has 6 heteroatoms. The molecule has 2 aromatic rings. The normalized spacial score (nSPS) is 10.2. The number of carboxylic acids is 2. The van der Waals surface area contributed by atoms with Gasteiger partial charge in [0.05, 0.1) is 0 Å². The molecule has 0 unspecified atom stereocenters. The number of hydrogen-bond donors (Lipinski definition) is 2. The van der Waals surface area contributed by atoms with Crippen LogP contribution in [0.1, 0.15) is 21.0 Å². The molecule has 0 saturated carbocycles. The number of carboxylic acid groups (broad SMARTS) is 2. The Balaban J connectivity index is 2.62. The highest BCUT2D eigenvalue weighted by Gasteiger charge is 2.14. The summed E-state index contributed by atoms with van der Waals surface area (Å²) < 4.78 is 0. The zero-order valence-corrected chi connectivity index (χ0v) is 10.3. The Kier molecular flexibility index (Phi) is 3.48. The van der Waals surface area contributed by atoms with Crippen LogP contribution >= 0.6 is 11.6 Å². The quantitative estimate of drug-likeness (QED) is 0.901. The standard InChI is InChI=1S/C13H8ClNO4/c14-9-3-1-2-7(4-9)8-5-10(12(16)17)15-11(6-8)13(18)19/h1-6H,(H,16,17)(H,18,19). The number of benzene rings is 1. The van der Waals surface area contributed by atoms with Gasteiger partial charge in [-0.25, -0.2) is 14.6 Å². The fourth-order valence-corrected chi connectivity index (χ4v) is 1.77. The van der Waals surface area contributed by atoms with E-state index >= 15 is 0 Å². The van der Waals surface area contributed by atoms with E-state index in [1.165, 1.54) is 12.1 Å². The van der Waals surface area contributed by atoms with Gasteiger partial charge in [0.2, 0.25) is 0 Å². The molecule has 0 bridgehead atoms. The highest BCUT2D eigenvalue weighted by atomic mass is 35.5. The molecule has 0 saturated heterocycles. The highest BCUT2D eigenvalue weighted by Crippen LogP contribution is 2.24. The molecule has 1 aromatic heterocycles. The van der Waals surface area contributed by atoms with E-state index in [1.54, 1.807) is 24.3 Å². The van der Waals surface area contributed by atoms with Gasteiger partial charge in [-0.2, -0.15) is 0 Å². The van der Waals surface area contributed by atoms with Crippen molar-refractivity contribution in [1.29, 1.82) is 0 Å². The van der Waals surface area contributed by atoms with Crippen LogP contribution in [0.3, 0.4) is 0 Å². The van der Waals surface area contributed by atoms with Crippen molar-refractivity contribution in [2.45, 2.75) is 0 Å². The van der Waals surface area contributed by atoms with Gasteiger partial charge in [-0.15, -0.1) is 0 Å². The van der Waals surface area contributed by atoms with Crippen LogP contribution in [-0.2, 0) is 0 Å². The minimum absolute atomic E-state index is 0.324. The number of carbonyl (C=O) groups is 2. The lowest BCUT2D eigenvalue weighted by Gasteiger charge is -2.05. The summed E-state index contributed by atoms with van der Waals surface area (Å²) in [5.41, 5.74) is 0.414. The van der Waals surface area contributed by atoms with Crippen molar-refractivity contribution in [3.63, 3.8) is 0 Å². The van der Waals surface area contributed by atoms with Gasteiger partial charge in [0.15, 0.2) is 0 Å². The Bertz CT molecular complexity index is 637. The molecule has 0 aliphatic heterocycles. The predicted octanol–water partition coefficient (Wildman–Crippen LogP) is 2.80. The molecule has 0 radical (unpaired) electrons. The fourth-order valence-electron chi connectivity index (χ4n) is 1.58. The second kappa shape index (κ2) is 5.07. The molecule has 2 rings (SSSR count). The molecular weight excluding hydrogens is 270 g/mol. The SMILES string of the molecule is O=C(O)c1cc(-c2cccc(Cl)c2)cc(C(=O)O)n1. The molecular formula is C13H8ClNO4. The number of rotatable bonds is 3. The van der Waals surface area contributed by atoms with Crippen molar-refractivity contribution >= 4 is 23.5 Å². The van der Waals surface area contributed by atoms with E-state index < -0.39 is 11.9 Å². The highest BCUT2D eigenvalue weighted by molar-refractivity contribution is 6.30. The maximum absolute atomic E-state index is 10.9. The second-order valence-electron chi connectivity index (χ2n) is 3.75. The third-order valence-electron chi connectivity index (χ3n) is 2.42. The van der Waals surface area contributed by atoms with E-state index in [0.717, 1.165) is 0 Å². The van der Waals surface area contributed by atoms with Crippen LogP contribution in [-0.4, -0.2) is 27.1 Å². The van der Waals surface area contributed by atoms with Crippen molar-refractivity contribution < 1.29 is 19.8 Å². The summed E-state index contributed by atoms with van der Waals surface area (Å²) in [4.78, 5) is 25.4. The Morgan fingerprint density at radius 3 is 2.00 bits per heavy atom. The van der Waals surface area contributed by atoms with E-state index in [9.17, 15) is 9.59 Å². The summed E-state index contributed by atoms with van der Waals surface area (Å²) in [6.45, 7) is 0. The Morgan fingerprint density at radius 2 is 1.53 bits per heavy atom. The number of nitrogens with zero attached hydrogens (tertiary/aromatic N) is 1. The van der Waals surface area contributed by atoms with Crippen LogP contribution in [0.25, 0.3) is 11.1 Å². The van der Waals surface area contributed by atoms with Gasteiger partial charge in [-0.3, -0.25) is 0 Å². The number of hydrogen-bond acceptors (Lipinski definition) is 3. The minimum atomic E-state index is -1.29. The van der Waals surface area contributed by atoms with Crippen molar-refractivity contribution in [3.8, 4) is 11.1 Å². The molecule has 19 heavy (non-hydrogen) atoms. The number of halogens is 1. The Morgan fingerprint density at radius 1 is 0.947 bits per heavy atom. The second-order valence-corrected chi connectivity index (χ2v) is 4.18. The Labute approximate surface area is 113 Å². The van der Waals surface area contributed by atoms with Gasteiger partial charge < -0.3 is 10.2 Å². The fraction of sp³-hybridized carbons (Fsp3) is 0. The van der Waals surface area contributed by atoms with Gasteiger partial charge in [-0.05, 0) is 35.4 Å². The predicted molar refractivity (Wildman–Crippen MR) is 68.6 cm³/mol. The lowest BCUT2D eigenvalue weighted by Crippen LogP contribution is -2.07. The smallest absolute Gasteiger partial charge is 0.354 e. The van der Waals surface area contributed by atoms with E-state index in [1.807, 2.05) is 0 Å². The number of aromatic carboxylic acids is 2. The first-order valence-corrected chi connectivity index (χ1v) is 5.60. The van der Waals surface area contributed by atoms with Crippen LogP contribution < -0.4 is 0 Å². The Hall–Kier alpha value is -2.40. The molecule has 0 aliphatic carbocycles. The zero-order valence-electron chi connectivity index (χ0n) is 9.50. The largest absolute Gasteiger partial charge is 0.477 e. The summed E-state index contributed by atoms with van der Waals surface area (Å²) in [6, 6.07) is 9.30. The first-order chi connectivity index (χ1) is 8.97. The molecule has 5 nitrogen and oxygen atoms in total. The van der Waals surface area contributed by atoms with Crippen LogP contribution in [0.4, 0.5) is 0 Å². The molecule has 0 atom stereocenters. The molecule has 96 valence electrons. The van der Waals surface area contributed by atoms with Gasteiger partial charge in [0.1, 0.15) is 11.4 Å². The monoisotopic (exact) mass is 277 g/mol. The van der Waals surface area contributed by atoms with Crippen LogP contribution in [0.2, 0.25) is 5.02 Å². The number of pyridine rings is 1. The summed E-state index contributed by atoms with van der Waals surface area (Å²) in [6.07, 6.45) is 0. The first kappa shape index (κ1) is 13.0. The summed E-state index contributed by atoms with van der Waals surface area (Å²) in [7, 11) is 0. The summed E-state index contributed by atoms with van der Waals surface area (Å²) in [5.74, 6) is -2.57. The molecule has 2 N–H and O–H groups in total. The van der Waals surface area contributed by atoms with Crippen LogP contribution in [0.15, 0.2) is 36.4 Å². The molecule has 0 aliphatic rings. The van der Waals surface area contributed by atoms with Gasteiger partial charge in [0.25, 0.3) is 0 Å². The van der Waals surface area contributed by atoms with E-state index in [0.29, 0.717) is 16.1 Å². The first-order valence-electron chi connectivity index (χ1n) is 5.22. The van der Waals surface area contributed by atoms with Gasteiger partial charge >= 0.3 is 11.9 Å². The molecule has 0 amide bonds. The lowest BCUT2D eigenvalue weighted by atomic mass is 10.0. The van der Waals surface area contributed by atoms with Crippen LogP contribution in [0, 0.1) is 0 Å². The lowest BCUT2D eigenvalue weighted by molar-refractivity contribution is 0.0685. The summed E-state index contributed by atoms with van der Waals surface area (Å²) in [5, 5.41) is 18.3. The zero-order chi connectivity index (χ0) is 14.0. The average Bonchev–Trinajstić information content (AvgIpc) is 2.38. The topological polar surface area (TPSA) is 87.5 Å². The van der Waals surface area contributed by atoms with Gasteiger partial charge in [0, 0.05) is 5.02 Å².